The van der Waals surface area contributed by atoms with Gasteiger partial charge in [0.2, 0.25) is 0 Å². The maximum Gasteiger partial charge on any atom is 0.118 e. The molecule has 0 saturated carbocycles. The first-order valence-electron chi connectivity index (χ1n) is 6.02. The third-order valence-corrected chi connectivity index (χ3v) is 3.41. The zero-order valence-electron chi connectivity index (χ0n) is 10.5. The van der Waals surface area contributed by atoms with E-state index in [0.717, 1.165) is 15.6 Å². The fraction of sp³-hybridized carbons (Fsp3) is 0.0625. The number of hydrogen-bond acceptors (Lipinski definition) is 1. The number of nitrogens with zero attached hydrogens (tertiary/aromatic N) is 1. The summed E-state index contributed by atoms with van der Waals surface area (Å²) < 4.78 is 1.05. The van der Waals surface area contributed by atoms with Crippen LogP contribution in [0, 0.1) is 0 Å². The van der Waals surface area contributed by atoms with Gasteiger partial charge in [0.05, 0.1) is 6.54 Å². The highest BCUT2D eigenvalue weighted by molar-refractivity contribution is 9.10. The summed E-state index contributed by atoms with van der Waals surface area (Å²) in [5, 5.41) is 0. The van der Waals surface area contributed by atoms with Gasteiger partial charge >= 0.3 is 0 Å². The Morgan fingerprint density at radius 1 is 1.05 bits per heavy atom. The van der Waals surface area contributed by atoms with E-state index in [1.54, 1.807) is 0 Å². The monoisotopic (exact) mass is 314 g/mol. The molecule has 19 heavy (non-hydrogen) atoms. The standard InChI is InChI=1S/C16H15BrN2/c17-15-9-5-4-8-14(15)12-19-16(18)11-10-13-6-2-1-3-7-13/h1-11H,12H2,(H2,18,19). The minimum absolute atomic E-state index is 0.527. The SMILES string of the molecule is NC(C=Cc1ccccc1)=NCc1ccccc1Br. The van der Waals surface area contributed by atoms with Gasteiger partial charge in [0.15, 0.2) is 0 Å². The zero-order chi connectivity index (χ0) is 13.5. The molecule has 0 radical (unpaired) electrons. The summed E-state index contributed by atoms with van der Waals surface area (Å²) in [6.07, 6.45) is 3.78. The van der Waals surface area contributed by atoms with Crippen LogP contribution in [0.1, 0.15) is 11.1 Å². The number of nitrogens with two attached hydrogens (primary N) is 1. The molecule has 2 aromatic rings. The third-order valence-electron chi connectivity index (χ3n) is 2.64. The van der Waals surface area contributed by atoms with Crippen molar-refractivity contribution in [2.24, 2.45) is 10.7 Å². The van der Waals surface area contributed by atoms with E-state index < -0.39 is 0 Å². The molecule has 0 bridgehead atoms. The molecule has 0 saturated heterocycles. The fourth-order valence-corrected chi connectivity index (χ4v) is 2.01. The minimum Gasteiger partial charge on any atom is -0.384 e. The maximum absolute atomic E-state index is 5.87. The molecule has 0 fully saturated rings. The van der Waals surface area contributed by atoms with Gasteiger partial charge < -0.3 is 5.73 Å². The highest BCUT2D eigenvalue weighted by atomic mass is 79.9. The summed E-state index contributed by atoms with van der Waals surface area (Å²) in [5.41, 5.74) is 8.10. The van der Waals surface area contributed by atoms with Gasteiger partial charge in [0.1, 0.15) is 5.84 Å². The van der Waals surface area contributed by atoms with E-state index in [-0.39, 0.29) is 0 Å². The van der Waals surface area contributed by atoms with Crippen molar-refractivity contribution >= 4 is 27.8 Å². The van der Waals surface area contributed by atoms with Crippen molar-refractivity contribution in [3.63, 3.8) is 0 Å². The van der Waals surface area contributed by atoms with Crippen molar-refractivity contribution < 1.29 is 0 Å². The molecule has 0 aliphatic heterocycles. The van der Waals surface area contributed by atoms with Crippen LogP contribution in [-0.2, 0) is 6.54 Å². The molecule has 0 amide bonds. The van der Waals surface area contributed by atoms with Gasteiger partial charge in [-0.2, -0.15) is 0 Å². The lowest BCUT2D eigenvalue weighted by atomic mass is 10.2. The fourth-order valence-electron chi connectivity index (χ4n) is 1.60. The molecule has 2 rings (SSSR count). The third kappa shape index (κ3) is 4.38. The second kappa shape index (κ2) is 6.90. The average Bonchev–Trinajstić information content (AvgIpc) is 2.45. The normalized spacial score (nSPS) is 11.9. The average molecular weight is 315 g/mol. The zero-order valence-corrected chi connectivity index (χ0v) is 12.0. The Morgan fingerprint density at radius 2 is 1.74 bits per heavy atom. The van der Waals surface area contributed by atoms with Crippen molar-refractivity contribution in [3.05, 3.63) is 76.3 Å². The number of aliphatic imine (C=N–C) groups is 1. The lowest BCUT2D eigenvalue weighted by Gasteiger charge is -2.00. The van der Waals surface area contributed by atoms with Crippen LogP contribution in [-0.4, -0.2) is 5.84 Å². The molecule has 2 aromatic carbocycles. The van der Waals surface area contributed by atoms with E-state index in [2.05, 4.69) is 20.9 Å². The summed E-state index contributed by atoms with van der Waals surface area (Å²) in [5.74, 6) is 0.527. The first kappa shape index (κ1) is 13.6. The van der Waals surface area contributed by atoms with Gasteiger partial charge in [0, 0.05) is 4.47 Å². The summed E-state index contributed by atoms with van der Waals surface area (Å²) in [6.45, 7) is 0.576. The van der Waals surface area contributed by atoms with Crippen LogP contribution in [0.2, 0.25) is 0 Å². The van der Waals surface area contributed by atoms with Gasteiger partial charge in [-0.25, -0.2) is 0 Å². The van der Waals surface area contributed by atoms with E-state index >= 15 is 0 Å². The van der Waals surface area contributed by atoms with E-state index in [1.165, 1.54) is 0 Å². The Hall–Kier alpha value is -1.87. The number of benzene rings is 2. The minimum atomic E-state index is 0.527. The highest BCUT2D eigenvalue weighted by Gasteiger charge is 1.96. The van der Waals surface area contributed by atoms with Crippen LogP contribution in [0.4, 0.5) is 0 Å². The molecule has 2 N–H and O–H groups in total. The molecular formula is C16H15BrN2. The molecule has 2 nitrogen and oxygen atoms in total. The van der Waals surface area contributed by atoms with E-state index in [1.807, 2.05) is 66.7 Å². The molecule has 0 aliphatic carbocycles. The van der Waals surface area contributed by atoms with Gasteiger partial charge in [-0.15, -0.1) is 0 Å². The van der Waals surface area contributed by atoms with Gasteiger partial charge in [-0.1, -0.05) is 70.5 Å². The van der Waals surface area contributed by atoms with Gasteiger partial charge in [-0.3, -0.25) is 4.99 Å². The van der Waals surface area contributed by atoms with E-state index in [4.69, 9.17) is 5.73 Å². The first-order chi connectivity index (χ1) is 9.25. The van der Waals surface area contributed by atoms with Gasteiger partial charge in [-0.05, 0) is 23.3 Å². The summed E-state index contributed by atoms with van der Waals surface area (Å²) in [7, 11) is 0. The molecule has 0 atom stereocenters. The first-order valence-corrected chi connectivity index (χ1v) is 6.81. The van der Waals surface area contributed by atoms with Crippen LogP contribution < -0.4 is 5.73 Å². The molecule has 0 aliphatic rings. The number of hydrogen-bond donors (Lipinski definition) is 1. The number of rotatable bonds is 4. The van der Waals surface area contributed by atoms with Crippen LogP contribution in [0.5, 0.6) is 0 Å². The van der Waals surface area contributed by atoms with Gasteiger partial charge in [0.25, 0.3) is 0 Å². The second-order valence-electron chi connectivity index (χ2n) is 4.08. The second-order valence-corrected chi connectivity index (χ2v) is 4.93. The van der Waals surface area contributed by atoms with Crippen LogP contribution in [0.25, 0.3) is 6.08 Å². The lowest BCUT2D eigenvalue weighted by Crippen LogP contribution is -2.07. The Balaban J connectivity index is 2.00. The summed E-state index contributed by atoms with van der Waals surface area (Å²) in [6, 6.07) is 18.0. The molecular weight excluding hydrogens is 300 g/mol. The molecule has 0 unspecified atom stereocenters. The Labute approximate surface area is 121 Å². The van der Waals surface area contributed by atoms with Crippen LogP contribution >= 0.6 is 15.9 Å². The summed E-state index contributed by atoms with van der Waals surface area (Å²) in [4.78, 5) is 4.35. The molecule has 0 aromatic heterocycles. The molecule has 3 heteroatoms. The van der Waals surface area contributed by atoms with E-state index in [0.29, 0.717) is 12.4 Å². The van der Waals surface area contributed by atoms with Crippen LogP contribution in [0.15, 0.2) is 70.1 Å². The largest absolute Gasteiger partial charge is 0.384 e. The van der Waals surface area contributed by atoms with Crippen molar-refractivity contribution in [2.75, 3.05) is 0 Å². The topological polar surface area (TPSA) is 38.4 Å². The highest BCUT2D eigenvalue weighted by Crippen LogP contribution is 2.16. The summed E-state index contributed by atoms with van der Waals surface area (Å²) >= 11 is 3.49. The Kier molecular flexibility index (Phi) is 4.93. The number of halogens is 1. The van der Waals surface area contributed by atoms with Crippen LogP contribution in [0.3, 0.4) is 0 Å². The van der Waals surface area contributed by atoms with Crippen molar-refractivity contribution in [1.29, 1.82) is 0 Å². The molecule has 0 heterocycles. The number of amidine groups is 1. The van der Waals surface area contributed by atoms with Crippen molar-refractivity contribution in [2.45, 2.75) is 6.54 Å². The van der Waals surface area contributed by atoms with Crippen molar-refractivity contribution in [3.8, 4) is 0 Å². The lowest BCUT2D eigenvalue weighted by molar-refractivity contribution is 1.06. The predicted molar refractivity (Wildman–Crippen MR) is 84.9 cm³/mol. The Bertz CT molecular complexity index is 589. The maximum atomic E-state index is 5.87. The quantitative estimate of drug-likeness (QED) is 0.671. The van der Waals surface area contributed by atoms with Crippen molar-refractivity contribution in [1.82, 2.24) is 0 Å². The van der Waals surface area contributed by atoms with E-state index in [9.17, 15) is 0 Å². The Morgan fingerprint density at radius 3 is 2.47 bits per heavy atom. The molecule has 0 spiro atoms. The molecule has 96 valence electrons. The smallest absolute Gasteiger partial charge is 0.118 e. The predicted octanol–water partition coefficient (Wildman–Crippen LogP) is 4.02.